The van der Waals surface area contributed by atoms with E-state index in [9.17, 15) is 40.9 Å². The van der Waals surface area contributed by atoms with Crippen molar-refractivity contribution in [1.82, 2.24) is 0 Å². The van der Waals surface area contributed by atoms with Gasteiger partial charge < -0.3 is 23.5 Å². The van der Waals surface area contributed by atoms with E-state index in [1.165, 1.54) is 6.92 Å². The first-order chi connectivity index (χ1) is 14.3. The molecule has 0 aromatic carbocycles. The number of halogens is 2. The number of carbonyl (C=O) groups excluding carboxylic acids is 4. The van der Waals surface area contributed by atoms with Crippen LogP contribution in [0.2, 0.25) is 0 Å². The molecule has 0 aromatic heterocycles. The Bertz CT molecular complexity index is 944. The molecule has 11 nitrogen and oxygen atoms in total. The largest absolute Gasteiger partial charge is 0.743 e. The van der Waals surface area contributed by atoms with Gasteiger partial charge in [0.15, 0.2) is 10.1 Å². The van der Waals surface area contributed by atoms with Crippen LogP contribution in [0.3, 0.4) is 0 Å². The zero-order chi connectivity index (χ0) is 23.3. The first-order valence-corrected chi connectivity index (χ1v) is 10.4. The van der Waals surface area contributed by atoms with Crippen LogP contribution in [0.4, 0.5) is 8.78 Å². The van der Waals surface area contributed by atoms with E-state index in [1.54, 1.807) is 0 Å². The fourth-order valence-corrected chi connectivity index (χ4v) is 4.50. The van der Waals surface area contributed by atoms with Crippen LogP contribution in [0.15, 0.2) is 12.2 Å². The van der Waals surface area contributed by atoms with Gasteiger partial charge in [-0.05, 0) is 13.3 Å². The Labute approximate surface area is 174 Å². The molecule has 6 atom stereocenters. The first-order valence-electron chi connectivity index (χ1n) is 9.01. The highest BCUT2D eigenvalue weighted by Gasteiger charge is 2.70. The summed E-state index contributed by atoms with van der Waals surface area (Å²) in [5, 5.41) is -5.36. The van der Waals surface area contributed by atoms with Crippen LogP contribution in [0, 0.1) is 23.7 Å². The maximum atomic E-state index is 13.5. The lowest BCUT2D eigenvalue weighted by Crippen LogP contribution is -2.47. The van der Waals surface area contributed by atoms with Crippen LogP contribution in [-0.2, 0) is 48.2 Å². The predicted molar refractivity (Wildman–Crippen MR) is 89.7 cm³/mol. The van der Waals surface area contributed by atoms with Crippen molar-refractivity contribution in [2.45, 2.75) is 30.8 Å². The van der Waals surface area contributed by atoms with Crippen LogP contribution in [0.25, 0.3) is 0 Å². The summed E-state index contributed by atoms with van der Waals surface area (Å²) >= 11 is 0. The highest BCUT2D eigenvalue weighted by Crippen LogP contribution is 2.59. The summed E-state index contributed by atoms with van der Waals surface area (Å²) < 4.78 is 78.4. The normalized spacial score (nSPS) is 31.2. The Hall–Kier alpha value is -2.61. The van der Waals surface area contributed by atoms with Gasteiger partial charge in [0.25, 0.3) is 0 Å². The van der Waals surface area contributed by atoms with Gasteiger partial charge in [0.1, 0.15) is 37.3 Å². The fourth-order valence-electron chi connectivity index (χ4n) is 4.25. The number of fused-ring (bicyclic) bond motifs is 1. The second kappa shape index (κ2) is 7.82. The third kappa shape index (κ3) is 3.89. The number of rotatable bonds is 8. The molecule has 1 heterocycles. The first kappa shape index (κ1) is 23.1. The van der Waals surface area contributed by atoms with E-state index in [1.807, 2.05) is 0 Å². The smallest absolute Gasteiger partial charge is 0.428 e. The van der Waals surface area contributed by atoms with Crippen LogP contribution in [0.5, 0.6) is 0 Å². The molecule has 0 aromatic rings. The Balaban J connectivity index is 1.69. The van der Waals surface area contributed by atoms with Gasteiger partial charge in [0.2, 0.25) is 0 Å². The van der Waals surface area contributed by atoms with E-state index >= 15 is 0 Å². The third-order valence-corrected chi connectivity index (χ3v) is 6.31. The van der Waals surface area contributed by atoms with Gasteiger partial charge >= 0.3 is 29.1 Å². The molecule has 172 valence electrons. The molecule has 2 bridgehead atoms. The van der Waals surface area contributed by atoms with E-state index in [0.29, 0.717) is 0 Å². The van der Waals surface area contributed by atoms with Crippen LogP contribution in [-0.4, -0.2) is 67.5 Å². The van der Waals surface area contributed by atoms with Crippen molar-refractivity contribution in [3.63, 3.8) is 0 Å². The molecular formula is C17H17F2O11S-. The minimum absolute atomic E-state index is 0.0964. The van der Waals surface area contributed by atoms with Crippen molar-refractivity contribution in [2.75, 3.05) is 13.2 Å². The lowest BCUT2D eigenvalue weighted by molar-refractivity contribution is -0.176. The van der Waals surface area contributed by atoms with E-state index in [0.717, 1.165) is 0 Å². The molecule has 3 rings (SSSR count). The molecule has 31 heavy (non-hydrogen) atoms. The standard InChI is InChI=1S/C17H18F2O11S/c1-6(2)13(20)27-3-4-28-14(21)9-7-5-8-10(15(22)29-11(8)9)12(7)30-16(23)17(18,19)31(24,25)26/h7-12H,1,3-5H2,2H3,(H,24,25,26)/p-1. The van der Waals surface area contributed by atoms with Gasteiger partial charge in [-0.3, -0.25) is 9.59 Å². The molecule has 0 spiro atoms. The van der Waals surface area contributed by atoms with E-state index in [-0.39, 0.29) is 25.2 Å². The maximum absolute atomic E-state index is 13.5. The summed E-state index contributed by atoms with van der Waals surface area (Å²) in [6.07, 6.45) is -2.42. The Morgan fingerprint density at radius 2 is 1.84 bits per heavy atom. The van der Waals surface area contributed by atoms with Crippen LogP contribution >= 0.6 is 0 Å². The molecule has 2 aliphatic carbocycles. The molecule has 0 N–H and O–H groups in total. The highest BCUT2D eigenvalue weighted by molar-refractivity contribution is 7.87. The molecule has 0 radical (unpaired) electrons. The summed E-state index contributed by atoms with van der Waals surface area (Å²) in [4.78, 5) is 47.5. The number of ether oxygens (including phenoxy) is 4. The van der Waals surface area contributed by atoms with Gasteiger partial charge in [0, 0.05) is 17.4 Å². The van der Waals surface area contributed by atoms with Gasteiger partial charge in [-0.2, -0.15) is 8.78 Å². The predicted octanol–water partition coefficient (Wildman–Crippen LogP) is -0.494. The topological polar surface area (TPSA) is 162 Å². The SMILES string of the molecule is C=C(C)C(=O)OCCOC(=O)C1C2CC3C1OC(=O)C3C2OC(=O)C(F)(F)S(=O)(=O)[O-]. The molecule has 6 unspecified atom stereocenters. The molecule has 3 fully saturated rings. The Morgan fingerprint density at radius 1 is 1.23 bits per heavy atom. The highest BCUT2D eigenvalue weighted by atomic mass is 32.2. The summed E-state index contributed by atoms with van der Waals surface area (Å²) in [5.74, 6) is -9.06. The van der Waals surface area contributed by atoms with Crippen molar-refractivity contribution in [3.8, 4) is 0 Å². The van der Waals surface area contributed by atoms with E-state index in [2.05, 4.69) is 11.3 Å². The lowest BCUT2D eigenvalue weighted by Gasteiger charge is -2.31. The van der Waals surface area contributed by atoms with Crippen molar-refractivity contribution in [1.29, 1.82) is 0 Å². The molecule has 3 aliphatic rings. The zero-order valence-electron chi connectivity index (χ0n) is 15.9. The molecule has 1 aliphatic heterocycles. The average molecular weight is 467 g/mol. The average Bonchev–Trinajstić information content (AvgIpc) is 3.26. The fraction of sp³-hybridized carbons (Fsp3) is 0.647. The van der Waals surface area contributed by atoms with Crippen molar-refractivity contribution < 1.29 is 59.9 Å². The quantitative estimate of drug-likeness (QED) is 0.149. The molecule has 0 amide bonds. The third-order valence-electron chi connectivity index (χ3n) is 5.52. The van der Waals surface area contributed by atoms with Crippen molar-refractivity contribution in [2.24, 2.45) is 23.7 Å². The van der Waals surface area contributed by atoms with Gasteiger partial charge in [0.05, 0.1) is 0 Å². The number of esters is 4. The van der Waals surface area contributed by atoms with Gasteiger partial charge in [-0.15, -0.1) is 0 Å². The molecule has 2 saturated carbocycles. The number of carbonyl (C=O) groups is 4. The summed E-state index contributed by atoms with van der Waals surface area (Å²) in [5.41, 5.74) is 0.130. The minimum Gasteiger partial charge on any atom is -0.743 e. The van der Waals surface area contributed by atoms with Gasteiger partial charge in [-0.25, -0.2) is 18.0 Å². The van der Waals surface area contributed by atoms with Crippen molar-refractivity contribution >= 4 is 34.0 Å². The summed E-state index contributed by atoms with van der Waals surface area (Å²) in [7, 11) is -6.35. The molecular weight excluding hydrogens is 450 g/mol. The maximum Gasteiger partial charge on any atom is 0.428 e. The summed E-state index contributed by atoms with van der Waals surface area (Å²) in [6, 6.07) is 0. The van der Waals surface area contributed by atoms with Crippen molar-refractivity contribution in [3.05, 3.63) is 12.2 Å². The number of hydrogen-bond donors (Lipinski definition) is 0. The Morgan fingerprint density at radius 3 is 2.42 bits per heavy atom. The lowest BCUT2D eigenvalue weighted by atomic mass is 9.80. The van der Waals surface area contributed by atoms with Gasteiger partial charge in [-0.1, -0.05) is 6.58 Å². The minimum atomic E-state index is -6.35. The van der Waals surface area contributed by atoms with Crippen LogP contribution in [0.1, 0.15) is 13.3 Å². The van der Waals surface area contributed by atoms with E-state index in [4.69, 9.17) is 14.2 Å². The number of alkyl halides is 2. The zero-order valence-corrected chi connectivity index (χ0v) is 16.8. The van der Waals surface area contributed by atoms with Crippen LogP contribution < -0.4 is 0 Å². The monoisotopic (exact) mass is 467 g/mol. The molecule has 14 heteroatoms. The van der Waals surface area contributed by atoms with E-state index < -0.39 is 75.1 Å². The second-order valence-corrected chi connectivity index (χ2v) is 8.86. The summed E-state index contributed by atoms with van der Waals surface area (Å²) in [6.45, 7) is 4.14. The Kier molecular flexibility index (Phi) is 5.82. The second-order valence-electron chi connectivity index (χ2n) is 7.44. The number of hydrogen-bond acceptors (Lipinski definition) is 11. The molecule has 1 saturated heterocycles.